The van der Waals surface area contributed by atoms with Gasteiger partial charge in [0.2, 0.25) is 0 Å². The lowest BCUT2D eigenvalue weighted by atomic mass is 10.1. The first kappa shape index (κ1) is 49.5. The second-order valence-electron chi connectivity index (χ2n) is 16.1. The summed E-state index contributed by atoms with van der Waals surface area (Å²) < 4.78 is 35.6. The Kier molecular flexibility index (Phi) is 33.0. The van der Waals surface area contributed by atoms with E-state index in [-0.39, 0.29) is 31.1 Å². The van der Waals surface area contributed by atoms with Gasteiger partial charge in [0.1, 0.15) is 18.5 Å². The number of benzene rings is 1. The number of esters is 1. The van der Waals surface area contributed by atoms with E-state index in [4.69, 9.17) is 28.4 Å². The summed E-state index contributed by atoms with van der Waals surface area (Å²) in [4.78, 5) is 12.6. The molecule has 7 heteroatoms. The molecule has 1 heterocycles. The molecule has 3 unspecified atom stereocenters. The zero-order valence-electron chi connectivity index (χ0n) is 36.1. The third-order valence-electron chi connectivity index (χ3n) is 10.8. The molecule has 1 fully saturated rings. The van der Waals surface area contributed by atoms with Crippen LogP contribution in [0.5, 0.6) is 5.75 Å². The maximum absolute atomic E-state index is 12.6. The van der Waals surface area contributed by atoms with E-state index in [9.17, 15) is 4.79 Å². The minimum absolute atomic E-state index is 0.0847. The SMILES string of the molecule is CCCCCCCCCCCCCCOCC(COC(=O)CCCCCC1COC(c2ccc(OCC)cc2)O1)OCCCCCCCCCCCCCC. The molecule has 1 aromatic carbocycles. The summed E-state index contributed by atoms with van der Waals surface area (Å²) in [5.41, 5.74) is 1.01. The molecule has 1 aliphatic rings. The standard InChI is InChI=1S/C48H86O7/c1-4-7-9-11-13-15-17-19-21-23-25-30-38-50-40-46(52-39-31-26-24-22-20-18-16-14-12-10-8-5-2)42-53-47(49)33-29-27-28-32-45-41-54-48(55-45)43-34-36-44(37-35-43)51-6-3/h34-37,45-46,48H,4-33,38-42H2,1-3H3. The van der Waals surface area contributed by atoms with Gasteiger partial charge in [-0.2, -0.15) is 0 Å². The second kappa shape index (κ2) is 36.7. The first-order valence-corrected chi connectivity index (χ1v) is 23.5. The van der Waals surface area contributed by atoms with Crippen LogP contribution in [0.2, 0.25) is 0 Å². The van der Waals surface area contributed by atoms with Crippen molar-refractivity contribution in [2.45, 2.75) is 225 Å². The Bertz CT molecular complexity index is 970. The molecule has 2 rings (SSSR count). The molecule has 3 atom stereocenters. The van der Waals surface area contributed by atoms with Crippen LogP contribution in [0.1, 0.15) is 219 Å². The lowest BCUT2D eigenvalue weighted by Crippen LogP contribution is -2.28. The van der Waals surface area contributed by atoms with E-state index in [0.717, 1.165) is 56.4 Å². The summed E-state index contributed by atoms with van der Waals surface area (Å²) in [5, 5.41) is 0. The molecule has 0 amide bonds. The van der Waals surface area contributed by atoms with Crippen molar-refractivity contribution in [2.24, 2.45) is 0 Å². The monoisotopic (exact) mass is 775 g/mol. The highest BCUT2D eigenvalue weighted by Crippen LogP contribution is 2.30. The fraction of sp³-hybridized carbons (Fsp3) is 0.854. The van der Waals surface area contributed by atoms with Crippen molar-refractivity contribution < 1.29 is 33.2 Å². The van der Waals surface area contributed by atoms with Crippen molar-refractivity contribution >= 4 is 5.97 Å². The van der Waals surface area contributed by atoms with Gasteiger partial charge in [-0.25, -0.2) is 0 Å². The Morgan fingerprint density at radius 1 is 0.618 bits per heavy atom. The molecule has 1 aliphatic heterocycles. The summed E-state index contributed by atoms with van der Waals surface area (Å²) in [7, 11) is 0. The molecule has 320 valence electrons. The summed E-state index contributed by atoms with van der Waals surface area (Å²) in [6.07, 6.45) is 35.6. The Labute approximate surface area is 339 Å². The first-order chi connectivity index (χ1) is 27.2. The molecule has 0 spiro atoms. The molecular formula is C48H86O7. The van der Waals surface area contributed by atoms with Crippen molar-refractivity contribution in [3.05, 3.63) is 29.8 Å². The van der Waals surface area contributed by atoms with Crippen LogP contribution in [0.25, 0.3) is 0 Å². The molecule has 1 aromatic rings. The average Bonchev–Trinajstić information content (AvgIpc) is 3.67. The fourth-order valence-corrected chi connectivity index (χ4v) is 7.34. The van der Waals surface area contributed by atoms with Crippen LogP contribution in [0.4, 0.5) is 0 Å². The topological polar surface area (TPSA) is 72.5 Å². The van der Waals surface area contributed by atoms with E-state index in [2.05, 4.69) is 13.8 Å². The van der Waals surface area contributed by atoms with Gasteiger partial charge in [0.25, 0.3) is 0 Å². The summed E-state index contributed by atoms with van der Waals surface area (Å²) in [6.45, 7) is 10.0. The van der Waals surface area contributed by atoms with E-state index < -0.39 is 0 Å². The predicted octanol–water partition coefficient (Wildman–Crippen LogP) is 13.8. The Morgan fingerprint density at radius 3 is 1.67 bits per heavy atom. The summed E-state index contributed by atoms with van der Waals surface area (Å²) in [6, 6.07) is 7.93. The Balaban J connectivity index is 1.56. The van der Waals surface area contributed by atoms with Crippen LogP contribution in [-0.4, -0.2) is 57.8 Å². The van der Waals surface area contributed by atoms with E-state index in [0.29, 0.717) is 32.8 Å². The minimum Gasteiger partial charge on any atom is -0.494 e. The lowest BCUT2D eigenvalue weighted by molar-refractivity contribution is -0.150. The van der Waals surface area contributed by atoms with Crippen LogP contribution in [0.3, 0.4) is 0 Å². The highest BCUT2D eigenvalue weighted by atomic mass is 16.7. The second-order valence-corrected chi connectivity index (χ2v) is 16.1. The van der Waals surface area contributed by atoms with Crippen molar-refractivity contribution in [2.75, 3.05) is 39.6 Å². The van der Waals surface area contributed by atoms with Gasteiger partial charge >= 0.3 is 5.97 Å². The normalized spacial score (nSPS) is 16.1. The quantitative estimate of drug-likeness (QED) is 0.0485. The van der Waals surface area contributed by atoms with E-state index in [1.54, 1.807) is 0 Å². The van der Waals surface area contributed by atoms with Crippen LogP contribution >= 0.6 is 0 Å². The van der Waals surface area contributed by atoms with Gasteiger partial charge in [-0.3, -0.25) is 4.79 Å². The Morgan fingerprint density at radius 2 is 1.13 bits per heavy atom. The van der Waals surface area contributed by atoms with E-state index in [1.807, 2.05) is 31.2 Å². The van der Waals surface area contributed by atoms with Crippen LogP contribution < -0.4 is 4.74 Å². The lowest BCUT2D eigenvalue weighted by Gasteiger charge is -2.18. The van der Waals surface area contributed by atoms with Gasteiger partial charge in [0.05, 0.1) is 25.9 Å². The number of carbonyl (C=O) groups excluding carboxylic acids is 1. The molecular weight excluding hydrogens is 689 g/mol. The maximum Gasteiger partial charge on any atom is 0.305 e. The van der Waals surface area contributed by atoms with Crippen LogP contribution in [0, 0.1) is 0 Å². The molecule has 0 saturated carbocycles. The van der Waals surface area contributed by atoms with Gasteiger partial charge in [-0.05, 0) is 44.7 Å². The number of unbranched alkanes of at least 4 members (excludes halogenated alkanes) is 24. The maximum atomic E-state index is 12.6. The first-order valence-electron chi connectivity index (χ1n) is 23.5. The summed E-state index contributed by atoms with van der Waals surface area (Å²) in [5.74, 6) is 0.714. The predicted molar refractivity (Wildman–Crippen MR) is 228 cm³/mol. The van der Waals surface area contributed by atoms with Gasteiger partial charge in [0.15, 0.2) is 6.29 Å². The highest BCUT2D eigenvalue weighted by molar-refractivity contribution is 5.69. The minimum atomic E-state index is -0.320. The van der Waals surface area contributed by atoms with Crippen molar-refractivity contribution in [3.63, 3.8) is 0 Å². The van der Waals surface area contributed by atoms with Gasteiger partial charge < -0.3 is 28.4 Å². The molecule has 0 aromatic heterocycles. The summed E-state index contributed by atoms with van der Waals surface area (Å²) >= 11 is 0. The number of rotatable bonds is 40. The van der Waals surface area contributed by atoms with Crippen molar-refractivity contribution in [1.29, 1.82) is 0 Å². The molecule has 0 aliphatic carbocycles. The molecule has 7 nitrogen and oxygen atoms in total. The van der Waals surface area contributed by atoms with Crippen LogP contribution in [-0.2, 0) is 28.5 Å². The van der Waals surface area contributed by atoms with E-state index >= 15 is 0 Å². The number of hydrogen-bond acceptors (Lipinski definition) is 7. The zero-order valence-corrected chi connectivity index (χ0v) is 36.1. The Hall–Kier alpha value is -1.67. The average molecular weight is 775 g/mol. The van der Waals surface area contributed by atoms with Crippen molar-refractivity contribution in [3.8, 4) is 5.75 Å². The van der Waals surface area contributed by atoms with Crippen molar-refractivity contribution in [1.82, 2.24) is 0 Å². The highest BCUT2D eigenvalue weighted by Gasteiger charge is 2.27. The van der Waals surface area contributed by atoms with Gasteiger partial charge in [-0.1, -0.05) is 180 Å². The fourth-order valence-electron chi connectivity index (χ4n) is 7.34. The number of hydrogen-bond donors (Lipinski definition) is 0. The molecule has 0 bridgehead atoms. The number of carbonyl (C=O) groups is 1. The van der Waals surface area contributed by atoms with Gasteiger partial charge in [-0.15, -0.1) is 0 Å². The molecule has 0 N–H and O–H groups in total. The van der Waals surface area contributed by atoms with E-state index in [1.165, 1.54) is 141 Å². The molecule has 1 saturated heterocycles. The third-order valence-corrected chi connectivity index (χ3v) is 10.8. The largest absolute Gasteiger partial charge is 0.494 e. The molecule has 55 heavy (non-hydrogen) atoms. The zero-order chi connectivity index (χ0) is 39.3. The third kappa shape index (κ3) is 28.4. The number of ether oxygens (including phenoxy) is 6. The smallest absolute Gasteiger partial charge is 0.305 e. The van der Waals surface area contributed by atoms with Crippen LogP contribution in [0.15, 0.2) is 24.3 Å². The van der Waals surface area contributed by atoms with Gasteiger partial charge in [0, 0.05) is 25.2 Å². The molecule has 0 radical (unpaired) electrons.